The van der Waals surface area contributed by atoms with Gasteiger partial charge in [0.05, 0.1) is 9.90 Å². The van der Waals surface area contributed by atoms with Crippen LogP contribution in [0.2, 0.25) is 8.67 Å². The van der Waals surface area contributed by atoms with E-state index < -0.39 is 0 Å². The van der Waals surface area contributed by atoms with Gasteiger partial charge in [0, 0.05) is 10.2 Å². The Labute approximate surface area is 121 Å². The molecule has 0 fully saturated rings. The first-order chi connectivity index (χ1) is 8.06. The van der Waals surface area contributed by atoms with Crippen molar-refractivity contribution < 1.29 is 4.79 Å². The number of hydrogen-bond donors (Lipinski definition) is 1. The molecule has 88 valence electrons. The minimum Gasteiger partial charge on any atom is -0.322 e. The molecular formula is C11H6BrCl2NOS. The van der Waals surface area contributed by atoms with E-state index >= 15 is 0 Å². The molecule has 1 heterocycles. The molecule has 0 bridgehead atoms. The van der Waals surface area contributed by atoms with E-state index in [0.29, 0.717) is 19.9 Å². The van der Waals surface area contributed by atoms with E-state index in [0.717, 1.165) is 4.47 Å². The molecule has 0 radical (unpaired) electrons. The Hall–Kier alpha value is -0.550. The average molecular weight is 351 g/mol. The van der Waals surface area contributed by atoms with E-state index in [1.807, 2.05) is 12.1 Å². The summed E-state index contributed by atoms with van der Waals surface area (Å²) in [7, 11) is 0. The maximum absolute atomic E-state index is 11.9. The standard InChI is InChI=1S/C11H6BrCl2NOS/c12-6-2-1-3-7(4-6)15-11(16)8-5-9(13)17-10(8)14/h1-5H,(H,15,16). The molecule has 17 heavy (non-hydrogen) atoms. The van der Waals surface area contributed by atoms with Crippen molar-refractivity contribution in [1.82, 2.24) is 0 Å². The quantitative estimate of drug-likeness (QED) is 0.804. The molecule has 1 N–H and O–H groups in total. The molecule has 0 spiro atoms. The van der Waals surface area contributed by atoms with Crippen LogP contribution in [0.3, 0.4) is 0 Å². The Morgan fingerprint density at radius 3 is 2.65 bits per heavy atom. The van der Waals surface area contributed by atoms with Gasteiger partial charge in [0.25, 0.3) is 5.91 Å². The van der Waals surface area contributed by atoms with Crippen LogP contribution in [-0.2, 0) is 0 Å². The Bertz CT molecular complexity index is 570. The van der Waals surface area contributed by atoms with Crippen LogP contribution in [0, 0.1) is 0 Å². The van der Waals surface area contributed by atoms with Gasteiger partial charge < -0.3 is 5.32 Å². The highest BCUT2D eigenvalue weighted by molar-refractivity contribution is 9.10. The summed E-state index contributed by atoms with van der Waals surface area (Å²) in [5.74, 6) is -0.267. The predicted molar refractivity (Wildman–Crippen MR) is 76.4 cm³/mol. The summed E-state index contributed by atoms with van der Waals surface area (Å²) >= 11 is 16.2. The number of hydrogen-bond acceptors (Lipinski definition) is 2. The van der Waals surface area contributed by atoms with E-state index in [9.17, 15) is 4.79 Å². The maximum atomic E-state index is 11.9. The SMILES string of the molecule is O=C(Nc1cccc(Br)c1)c1cc(Cl)sc1Cl. The Balaban J connectivity index is 2.20. The lowest BCUT2D eigenvalue weighted by molar-refractivity contribution is 0.102. The molecule has 1 aromatic carbocycles. The summed E-state index contributed by atoms with van der Waals surface area (Å²) in [6.07, 6.45) is 0. The largest absolute Gasteiger partial charge is 0.322 e. The number of nitrogens with one attached hydrogen (secondary N) is 1. The van der Waals surface area contributed by atoms with Crippen LogP contribution in [0.5, 0.6) is 0 Å². The molecule has 2 nitrogen and oxygen atoms in total. The second kappa shape index (κ2) is 5.40. The van der Waals surface area contributed by atoms with Gasteiger partial charge >= 0.3 is 0 Å². The molecule has 1 amide bonds. The van der Waals surface area contributed by atoms with Crippen molar-refractivity contribution in [2.75, 3.05) is 5.32 Å². The molecule has 0 aliphatic rings. The molecule has 0 saturated heterocycles. The highest BCUT2D eigenvalue weighted by atomic mass is 79.9. The van der Waals surface area contributed by atoms with Gasteiger partial charge in [0.15, 0.2) is 0 Å². The number of halogens is 3. The minimum absolute atomic E-state index is 0.267. The van der Waals surface area contributed by atoms with Crippen molar-refractivity contribution in [3.63, 3.8) is 0 Å². The number of anilines is 1. The zero-order valence-electron chi connectivity index (χ0n) is 8.34. The fourth-order valence-corrected chi connectivity index (χ4v) is 3.12. The van der Waals surface area contributed by atoms with Crippen molar-refractivity contribution in [2.24, 2.45) is 0 Å². The predicted octanol–water partition coefficient (Wildman–Crippen LogP) is 5.07. The number of carbonyl (C=O) groups excluding carboxylic acids is 1. The zero-order chi connectivity index (χ0) is 12.4. The van der Waals surface area contributed by atoms with Crippen LogP contribution in [0.4, 0.5) is 5.69 Å². The first-order valence-corrected chi connectivity index (χ1v) is 6.94. The Morgan fingerprint density at radius 2 is 2.06 bits per heavy atom. The molecular weight excluding hydrogens is 345 g/mol. The molecule has 0 unspecified atom stereocenters. The van der Waals surface area contributed by atoms with Gasteiger partial charge in [-0.25, -0.2) is 0 Å². The lowest BCUT2D eigenvalue weighted by Gasteiger charge is -2.04. The van der Waals surface area contributed by atoms with Crippen molar-refractivity contribution >= 4 is 62.1 Å². The third kappa shape index (κ3) is 3.22. The van der Waals surface area contributed by atoms with Crippen molar-refractivity contribution in [2.45, 2.75) is 0 Å². The van der Waals surface area contributed by atoms with Gasteiger partial charge in [-0.15, -0.1) is 11.3 Å². The van der Waals surface area contributed by atoms with Crippen LogP contribution in [0.25, 0.3) is 0 Å². The lowest BCUT2D eigenvalue weighted by Crippen LogP contribution is -2.11. The van der Waals surface area contributed by atoms with Gasteiger partial charge in [0.2, 0.25) is 0 Å². The minimum atomic E-state index is -0.267. The summed E-state index contributed by atoms with van der Waals surface area (Å²) < 4.78 is 1.78. The van der Waals surface area contributed by atoms with Gasteiger partial charge in [-0.1, -0.05) is 45.2 Å². The monoisotopic (exact) mass is 349 g/mol. The van der Waals surface area contributed by atoms with Crippen molar-refractivity contribution in [1.29, 1.82) is 0 Å². The fourth-order valence-electron chi connectivity index (χ4n) is 1.26. The van der Waals surface area contributed by atoms with E-state index in [1.165, 1.54) is 11.3 Å². The maximum Gasteiger partial charge on any atom is 0.258 e. The number of thiophene rings is 1. The topological polar surface area (TPSA) is 29.1 Å². The summed E-state index contributed by atoms with van der Waals surface area (Å²) in [5, 5.41) is 2.75. The number of rotatable bonds is 2. The molecule has 0 atom stereocenters. The van der Waals surface area contributed by atoms with Crippen LogP contribution in [-0.4, -0.2) is 5.91 Å². The van der Waals surface area contributed by atoms with Crippen LogP contribution in [0.1, 0.15) is 10.4 Å². The Morgan fingerprint density at radius 1 is 1.29 bits per heavy atom. The summed E-state index contributed by atoms with van der Waals surface area (Å²) in [6, 6.07) is 8.87. The smallest absolute Gasteiger partial charge is 0.258 e. The molecule has 1 aromatic heterocycles. The second-order valence-corrected chi connectivity index (χ2v) is 6.40. The van der Waals surface area contributed by atoms with Crippen molar-refractivity contribution in [3.05, 3.63) is 49.0 Å². The third-order valence-corrected chi connectivity index (χ3v) is 3.96. The van der Waals surface area contributed by atoms with Crippen molar-refractivity contribution in [3.8, 4) is 0 Å². The molecule has 2 rings (SSSR count). The third-order valence-electron chi connectivity index (χ3n) is 1.98. The van der Waals surface area contributed by atoms with E-state index in [1.54, 1.807) is 18.2 Å². The number of benzene rings is 1. The second-order valence-electron chi connectivity index (χ2n) is 3.20. The zero-order valence-corrected chi connectivity index (χ0v) is 12.3. The van der Waals surface area contributed by atoms with E-state index in [-0.39, 0.29) is 5.91 Å². The highest BCUT2D eigenvalue weighted by Gasteiger charge is 2.14. The molecule has 0 aliphatic heterocycles. The molecule has 6 heteroatoms. The number of carbonyl (C=O) groups is 1. The molecule has 0 saturated carbocycles. The normalized spacial score (nSPS) is 10.3. The van der Waals surface area contributed by atoms with Gasteiger partial charge in [-0.2, -0.15) is 0 Å². The Kier molecular flexibility index (Phi) is 4.09. The summed E-state index contributed by atoms with van der Waals surface area (Å²) in [4.78, 5) is 11.9. The molecule has 0 aliphatic carbocycles. The van der Waals surface area contributed by atoms with E-state index in [4.69, 9.17) is 23.2 Å². The molecule has 2 aromatic rings. The van der Waals surface area contributed by atoms with Gasteiger partial charge in [0.1, 0.15) is 4.34 Å². The lowest BCUT2D eigenvalue weighted by atomic mass is 10.3. The van der Waals surface area contributed by atoms with Crippen LogP contribution >= 0.6 is 50.5 Å². The fraction of sp³-hybridized carbons (Fsp3) is 0. The number of amides is 1. The van der Waals surface area contributed by atoms with Crippen LogP contribution in [0.15, 0.2) is 34.8 Å². The van der Waals surface area contributed by atoms with Gasteiger partial charge in [-0.05, 0) is 24.3 Å². The summed E-state index contributed by atoms with van der Waals surface area (Å²) in [6.45, 7) is 0. The highest BCUT2D eigenvalue weighted by Crippen LogP contribution is 2.31. The van der Waals surface area contributed by atoms with Crippen LogP contribution < -0.4 is 5.32 Å². The van der Waals surface area contributed by atoms with Gasteiger partial charge in [-0.3, -0.25) is 4.79 Å². The summed E-state index contributed by atoms with van der Waals surface area (Å²) in [5.41, 5.74) is 1.09. The first kappa shape index (κ1) is 12.9. The first-order valence-electron chi connectivity index (χ1n) is 4.58. The average Bonchev–Trinajstić information content (AvgIpc) is 2.58. The van der Waals surface area contributed by atoms with E-state index in [2.05, 4.69) is 21.2 Å².